The van der Waals surface area contributed by atoms with Gasteiger partial charge in [0.05, 0.1) is 6.10 Å². The minimum Gasteiger partial charge on any atom is -0.390 e. The van der Waals surface area contributed by atoms with E-state index in [9.17, 15) is 19.8 Å². The Morgan fingerprint density at radius 2 is 2.00 bits per heavy atom. The van der Waals surface area contributed by atoms with E-state index < -0.39 is 29.2 Å². The van der Waals surface area contributed by atoms with Gasteiger partial charge in [-0.3, -0.25) is 9.59 Å². The smallest absolute Gasteiger partial charge is 0.162 e. The summed E-state index contributed by atoms with van der Waals surface area (Å²) in [5, 5.41) is 20.6. The van der Waals surface area contributed by atoms with Crippen LogP contribution in [-0.4, -0.2) is 40.2 Å². The van der Waals surface area contributed by atoms with Crippen molar-refractivity contribution in [2.45, 2.75) is 71.1 Å². The lowest BCUT2D eigenvalue weighted by Gasteiger charge is -2.62. The van der Waals surface area contributed by atoms with Gasteiger partial charge in [-0.1, -0.05) is 26.3 Å². The molecule has 0 saturated heterocycles. The molecule has 0 radical (unpaired) electrons. The molecule has 0 aliphatic heterocycles. The first-order valence-electron chi connectivity index (χ1n) is 10.3. The van der Waals surface area contributed by atoms with Gasteiger partial charge >= 0.3 is 0 Å². The summed E-state index contributed by atoms with van der Waals surface area (Å²) in [4.78, 5) is 24.4. The number of carbonyl (C=O) groups is 2. The third-order valence-electron chi connectivity index (χ3n) is 8.88. The molecule has 0 aromatic rings. The SMILES string of the molecule is C[C@H]1C[C@H]2[C@@H]3CCC4=CC(=O)CC[C@]4(C)[C@@]3(F)[C@@H](O)C[C@@]2(C)[C@H]1C(=O)CO. The van der Waals surface area contributed by atoms with Crippen LogP contribution < -0.4 is 0 Å². The van der Waals surface area contributed by atoms with E-state index in [-0.39, 0.29) is 41.7 Å². The standard InChI is InChI=1S/C22H31FO4/c1-12-8-16-15-5-4-13-9-14(25)6-7-21(13,3)22(15,23)18(27)10-20(16,2)19(12)17(26)11-24/h9,12,15-16,18-19,24,27H,4-8,10-11H2,1-3H3/t12-,15-,16-,18-,19+,20+,21-,22-/m0/s1. The highest BCUT2D eigenvalue weighted by Crippen LogP contribution is 2.70. The van der Waals surface area contributed by atoms with Gasteiger partial charge in [-0.05, 0) is 55.4 Å². The number of aliphatic hydroxyl groups is 2. The molecule has 0 heterocycles. The highest BCUT2D eigenvalue weighted by Gasteiger charge is 2.71. The first kappa shape index (κ1) is 19.3. The molecule has 0 aromatic heterocycles. The summed E-state index contributed by atoms with van der Waals surface area (Å²) in [6.07, 6.45) is 3.52. The van der Waals surface area contributed by atoms with Gasteiger partial charge in [0.1, 0.15) is 12.3 Å². The average Bonchev–Trinajstić information content (AvgIpc) is 2.86. The molecule has 2 N–H and O–H groups in total. The molecule has 8 atom stereocenters. The predicted molar refractivity (Wildman–Crippen MR) is 98.6 cm³/mol. The van der Waals surface area contributed by atoms with Crippen LogP contribution in [0.25, 0.3) is 0 Å². The highest BCUT2D eigenvalue weighted by atomic mass is 19.1. The summed E-state index contributed by atoms with van der Waals surface area (Å²) in [5.74, 6) is -0.686. The minimum atomic E-state index is -1.77. The Kier molecular flexibility index (Phi) is 4.25. The molecule has 0 bridgehead atoms. The van der Waals surface area contributed by atoms with E-state index in [1.165, 1.54) is 0 Å². The molecule has 4 aliphatic carbocycles. The van der Waals surface area contributed by atoms with Crippen molar-refractivity contribution < 1.29 is 24.2 Å². The van der Waals surface area contributed by atoms with Crippen LogP contribution >= 0.6 is 0 Å². The number of ketones is 2. The fourth-order valence-corrected chi connectivity index (χ4v) is 7.72. The molecule has 4 nitrogen and oxygen atoms in total. The maximum Gasteiger partial charge on any atom is 0.162 e. The maximum atomic E-state index is 16.9. The molecule has 0 aromatic carbocycles. The molecule has 3 fully saturated rings. The van der Waals surface area contributed by atoms with Crippen LogP contribution in [0.2, 0.25) is 0 Å². The third kappa shape index (κ3) is 2.27. The van der Waals surface area contributed by atoms with Gasteiger partial charge in [0.2, 0.25) is 0 Å². The number of allylic oxidation sites excluding steroid dienone is 1. The first-order chi connectivity index (χ1) is 12.6. The molecular weight excluding hydrogens is 347 g/mol. The van der Waals surface area contributed by atoms with Gasteiger partial charge in [0, 0.05) is 23.7 Å². The molecule has 4 rings (SSSR count). The van der Waals surface area contributed by atoms with Crippen molar-refractivity contribution in [1.82, 2.24) is 0 Å². The number of hydrogen-bond acceptors (Lipinski definition) is 4. The number of aliphatic hydroxyl groups excluding tert-OH is 2. The lowest BCUT2D eigenvalue weighted by molar-refractivity contribution is -0.208. The normalized spacial score (nSPS) is 51.9. The minimum absolute atomic E-state index is 0.0115. The Bertz CT molecular complexity index is 717. The molecular formula is C22H31FO4. The van der Waals surface area contributed by atoms with Crippen molar-refractivity contribution in [1.29, 1.82) is 0 Å². The Balaban J connectivity index is 1.79. The number of fused-ring (bicyclic) bond motifs is 5. The monoisotopic (exact) mass is 378 g/mol. The molecule has 3 saturated carbocycles. The van der Waals surface area contributed by atoms with Crippen molar-refractivity contribution in [3.8, 4) is 0 Å². The lowest BCUT2D eigenvalue weighted by atomic mass is 9.44. The van der Waals surface area contributed by atoms with E-state index in [2.05, 4.69) is 0 Å². The first-order valence-corrected chi connectivity index (χ1v) is 10.3. The van der Waals surface area contributed by atoms with Gasteiger partial charge in [0.15, 0.2) is 11.6 Å². The summed E-state index contributed by atoms with van der Waals surface area (Å²) in [5.41, 5.74) is -2.21. The molecule has 150 valence electrons. The quantitative estimate of drug-likeness (QED) is 0.775. The van der Waals surface area contributed by atoms with E-state index in [0.717, 1.165) is 12.0 Å². The number of Topliss-reactive ketones (excluding diaryl/α,β-unsaturated/α-hetero) is 1. The molecule has 4 aliphatic rings. The zero-order valence-corrected chi connectivity index (χ0v) is 16.5. The van der Waals surface area contributed by atoms with E-state index in [4.69, 9.17) is 0 Å². The number of alkyl halides is 1. The summed E-state index contributed by atoms with van der Waals surface area (Å²) in [6.45, 7) is 5.42. The Morgan fingerprint density at radius 1 is 1.30 bits per heavy atom. The van der Waals surface area contributed by atoms with Crippen molar-refractivity contribution >= 4 is 11.6 Å². The summed E-state index contributed by atoms with van der Waals surface area (Å²) >= 11 is 0. The van der Waals surface area contributed by atoms with Crippen molar-refractivity contribution in [2.24, 2.45) is 34.5 Å². The van der Waals surface area contributed by atoms with Gasteiger partial charge in [-0.15, -0.1) is 0 Å². The Hall–Kier alpha value is -1.07. The largest absolute Gasteiger partial charge is 0.390 e. The fourth-order valence-electron chi connectivity index (χ4n) is 7.72. The van der Waals surface area contributed by atoms with Gasteiger partial charge < -0.3 is 10.2 Å². The summed E-state index contributed by atoms with van der Waals surface area (Å²) in [6, 6.07) is 0. The van der Waals surface area contributed by atoms with Crippen LogP contribution in [0.15, 0.2) is 11.6 Å². The van der Waals surface area contributed by atoms with Crippen LogP contribution in [0.4, 0.5) is 4.39 Å². The van der Waals surface area contributed by atoms with E-state index in [1.54, 1.807) is 6.08 Å². The fraction of sp³-hybridized carbons (Fsp3) is 0.818. The van der Waals surface area contributed by atoms with E-state index in [0.29, 0.717) is 25.7 Å². The van der Waals surface area contributed by atoms with Crippen LogP contribution in [0.5, 0.6) is 0 Å². The van der Waals surface area contributed by atoms with Crippen molar-refractivity contribution in [2.75, 3.05) is 6.61 Å². The van der Waals surface area contributed by atoms with Crippen LogP contribution in [-0.2, 0) is 9.59 Å². The van der Waals surface area contributed by atoms with Gasteiger partial charge in [-0.2, -0.15) is 0 Å². The summed E-state index contributed by atoms with van der Waals surface area (Å²) in [7, 11) is 0. The second-order valence-corrected chi connectivity index (χ2v) is 10.0. The molecule has 0 unspecified atom stereocenters. The van der Waals surface area contributed by atoms with Gasteiger partial charge in [-0.25, -0.2) is 4.39 Å². The molecule has 27 heavy (non-hydrogen) atoms. The Morgan fingerprint density at radius 3 is 2.67 bits per heavy atom. The lowest BCUT2D eigenvalue weighted by Crippen LogP contribution is -2.67. The number of rotatable bonds is 2. The summed E-state index contributed by atoms with van der Waals surface area (Å²) < 4.78 is 16.9. The van der Waals surface area contributed by atoms with E-state index in [1.807, 2.05) is 20.8 Å². The average molecular weight is 378 g/mol. The second kappa shape index (κ2) is 5.96. The maximum absolute atomic E-state index is 16.9. The highest BCUT2D eigenvalue weighted by molar-refractivity contribution is 5.91. The van der Waals surface area contributed by atoms with Crippen LogP contribution in [0.3, 0.4) is 0 Å². The van der Waals surface area contributed by atoms with Crippen molar-refractivity contribution in [3.63, 3.8) is 0 Å². The predicted octanol–water partition coefficient (Wildman–Crippen LogP) is 3.00. The number of halogens is 1. The molecule has 5 heteroatoms. The number of hydrogen-bond donors (Lipinski definition) is 2. The Labute approximate surface area is 160 Å². The topological polar surface area (TPSA) is 74.6 Å². The molecule has 0 spiro atoms. The van der Waals surface area contributed by atoms with Gasteiger partial charge in [0.25, 0.3) is 0 Å². The van der Waals surface area contributed by atoms with E-state index >= 15 is 4.39 Å². The zero-order valence-electron chi connectivity index (χ0n) is 16.5. The van der Waals surface area contributed by atoms with Crippen LogP contribution in [0.1, 0.15) is 59.3 Å². The van der Waals surface area contributed by atoms with Crippen molar-refractivity contribution in [3.05, 3.63) is 11.6 Å². The van der Waals surface area contributed by atoms with Crippen LogP contribution in [0, 0.1) is 34.5 Å². The third-order valence-corrected chi connectivity index (χ3v) is 8.88. The second-order valence-electron chi connectivity index (χ2n) is 10.0. The molecule has 0 amide bonds. The number of carbonyl (C=O) groups excluding carboxylic acids is 2. The zero-order chi connectivity index (χ0) is 19.8.